The van der Waals surface area contributed by atoms with E-state index >= 15 is 0 Å². The van der Waals surface area contributed by atoms with Gasteiger partial charge in [0.25, 0.3) is 0 Å². The van der Waals surface area contributed by atoms with Gasteiger partial charge < -0.3 is 5.73 Å². The molecule has 2 fully saturated rings. The van der Waals surface area contributed by atoms with E-state index in [4.69, 9.17) is 5.73 Å². The SMILES string of the molecule is CN1C2CCC1CN(C(CN)c1cccc(F)c1)CC2. The highest BCUT2D eigenvalue weighted by Gasteiger charge is 2.36. The lowest BCUT2D eigenvalue weighted by atomic mass is 10.0. The molecule has 110 valence electrons. The van der Waals surface area contributed by atoms with E-state index in [0.29, 0.717) is 12.6 Å². The average molecular weight is 277 g/mol. The topological polar surface area (TPSA) is 32.5 Å². The van der Waals surface area contributed by atoms with Crippen molar-refractivity contribution in [3.8, 4) is 0 Å². The van der Waals surface area contributed by atoms with Gasteiger partial charge >= 0.3 is 0 Å². The molecule has 0 spiro atoms. The molecule has 2 heterocycles. The zero-order valence-corrected chi connectivity index (χ0v) is 12.1. The van der Waals surface area contributed by atoms with Crippen molar-refractivity contribution in [2.75, 3.05) is 26.7 Å². The first kappa shape index (κ1) is 14.0. The summed E-state index contributed by atoms with van der Waals surface area (Å²) in [6.07, 6.45) is 3.79. The first-order valence-electron chi connectivity index (χ1n) is 7.60. The van der Waals surface area contributed by atoms with Gasteiger partial charge in [-0.15, -0.1) is 0 Å². The van der Waals surface area contributed by atoms with Gasteiger partial charge in [-0.3, -0.25) is 9.80 Å². The molecule has 2 aliphatic rings. The summed E-state index contributed by atoms with van der Waals surface area (Å²) in [4.78, 5) is 4.98. The van der Waals surface area contributed by atoms with E-state index in [0.717, 1.165) is 24.7 Å². The van der Waals surface area contributed by atoms with Crippen LogP contribution in [0.25, 0.3) is 0 Å². The van der Waals surface area contributed by atoms with Gasteiger partial charge in [-0.25, -0.2) is 4.39 Å². The van der Waals surface area contributed by atoms with E-state index in [1.54, 1.807) is 12.1 Å². The lowest BCUT2D eigenvalue weighted by Crippen LogP contribution is -2.40. The van der Waals surface area contributed by atoms with Crippen LogP contribution < -0.4 is 5.73 Å². The van der Waals surface area contributed by atoms with E-state index in [2.05, 4.69) is 16.8 Å². The van der Waals surface area contributed by atoms with Crippen LogP contribution in [0, 0.1) is 5.82 Å². The Labute approximate surface area is 120 Å². The monoisotopic (exact) mass is 277 g/mol. The van der Waals surface area contributed by atoms with Crippen LogP contribution in [0.2, 0.25) is 0 Å². The van der Waals surface area contributed by atoms with Crippen LogP contribution in [0.15, 0.2) is 24.3 Å². The van der Waals surface area contributed by atoms with Gasteiger partial charge in [0.15, 0.2) is 0 Å². The van der Waals surface area contributed by atoms with Crippen molar-refractivity contribution < 1.29 is 4.39 Å². The molecule has 3 atom stereocenters. The first-order valence-corrected chi connectivity index (χ1v) is 7.60. The van der Waals surface area contributed by atoms with E-state index in [-0.39, 0.29) is 11.9 Å². The minimum Gasteiger partial charge on any atom is -0.329 e. The quantitative estimate of drug-likeness (QED) is 0.917. The fraction of sp³-hybridized carbons (Fsp3) is 0.625. The number of likely N-dealkylation sites (N-methyl/N-ethyl adjacent to an activating group) is 1. The van der Waals surface area contributed by atoms with Gasteiger partial charge in [-0.2, -0.15) is 0 Å². The fourth-order valence-electron chi connectivity index (χ4n) is 3.83. The summed E-state index contributed by atoms with van der Waals surface area (Å²) >= 11 is 0. The number of hydrogen-bond acceptors (Lipinski definition) is 3. The molecular weight excluding hydrogens is 253 g/mol. The van der Waals surface area contributed by atoms with Crippen LogP contribution in [0.4, 0.5) is 4.39 Å². The molecule has 3 unspecified atom stereocenters. The number of hydrogen-bond donors (Lipinski definition) is 1. The summed E-state index contributed by atoms with van der Waals surface area (Å²) in [5.41, 5.74) is 7.00. The maximum Gasteiger partial charge on any atom is 0.123 e. The Morgan fingerprint density at radius 1 is 1.30 bits per heavy atom. The molecule has 0 radical (unpaired) electrons. The van der Waals surface area contributed by atoms with Crippen LogP contribution in [-0.4, -0.2) is 48.6 Å². The summed E-state index contributed by atoms with van der Waals surface area (Å²) in [6.45, 7) is 2.65. The molecule has 0 saturated carbocycles. The number of nitrogens with two attached hydrogens (primary N) is 1. The molecule has 2 N–H and O–H groups in total. The molecule has 3 rings (SSSR count). The van der Waals surface area contributed by atoms with Crippen LogP contribution in [-0.2, 0) is 0 Å². The Hall–Kier alpha value is -0.970. The van der Waals surface area contributed by atoms with Gasteiger partial charge in [0.1, 0.15) is 5.82 Å². The highest BCUT2D eigenvalue weighted by Crippen LogP contribution is 2.32. The largest absolute Gasteiger partial charge is 0.329 e. The second kappa shape index (κ2) is 5.80. The van der Waals surface area contributed by atoms with E-state index in [1.807, 2.05) is 6.07 Å². The van der Waals surface area contributed by atoms with Crippen molar-refractivity contribution in [2.24, 2.45) is 5.73 Å². The number of halogens is 1. The molecule has 0 amide bonds. The predicted octanol–water partition coefficient (Wildman–Crippen LogP) is 1.99. The summed E-state index contributed by atoms with van der Waals surface area (Å²) in [5, 5.41) is 0. The summed E-state index contributed by atoms with van der Waals surface area (Å²) < 4.78 is 13.5. The van der Waals surface area contributed by atoms with Crippen LogP contribution in [0.5, 0.6) is 0 Å². The minimum absolute atomic E-state index is 0.137. The summed E-state index contributed by atoms with van der Waals surface area (Å²) in [5.74, 6) is -0.172. The normalized spacial score (nSPS) is 29.4. The molecule has 1 aromatic rings. The van der Waals surface area contributed by atoms with Crippen LogP contribution >= 0.6 is 0 Å². The average Bonchev–Trinajstić information content (AvgIpc) is 2.67. The molecule has 0 aromatic heterocycles. The van der Waals surface area contributed by atoms with E-state index in [9.17, 15) is 4.39 Å². The standard InChI is InChI=1S/C16H24FN3/c1-19-14-5-6-15(19)11-20(8-7-14)16(10-18)12-3-2-4-13(17)9-12/h2-4,9,14-16H,5-8,10-11,18H2,1H3. The molecule has 2 saturated heterocycles. The zero-order chi connectivity index (χ0) is 14.1. The molecule has 4 heteroatoms. The Kier molecular flexibility index (Phi) is 4.06. The number of benzene rings is 1. The number of rotatable bonds is 3. The third-order valence-corrected chi connectivity index (χ3v) is 5.08. The van der Waals surface area contributed by atoms with Gasteiger partial charge in [-0.05, 0) is 44.0 Å². The summed E-state index contributed by atoms with van der Waals surface area (Å²) in [7, 11) is 2.24. The smallest absolute Gasteiger partial charge is 0.123 e. The van der Waals surface area contributed by atoms with Crippen molar-refractivity contribution in [3.05, 3.63) is 35.6 Å². The Morgan fingerprint density at radius 3 is 2.85 bits per heavy atom. The second-order valence-electron chi connectivity index (χ2n) is 6.14. The van der Waals surface area contributed by atoms with Crippen molar-refractivity contribution in [1.82, 2.24) is 9.80 Å². The van der Waals surface area contributed by atoms with Gasteiger partial charge in [0.05, 0.1) is 0 Å². The molecular formula is C16H24FN3. The third-order valence-electron chi connectivity index (χ3n) is 5.08. The number of fused-ring (bicyclic) bond motifs is 2. The first-order chi connectivity index (χ1) is 9.69. The molecule has 20 heavy (non-hydrogen) atoms. The zero-order valence-electron chi connectivity index (χ0n) is 12.1. The Bertz CT molecular complexity index is 465. The van der Waals surface area contributed by atoms with E-state index < -0.39 is 0 Å². The third kappa shape index (κ3) is 2.60. The molecule has 0 aliphatic carbocycles. The Morgan fingerprint density at radius 2 is 2.10 bits per heavy atom. The lowest BCUT2D eigenvalue weighted by molar-refractivity contribution is 0.175. The maximum absolute atomic E-state index is 13.5. The molecule has 2 aliphatic heterocycles. The van der Waals surface area contributed by atoms with Crippen molar-refractivity contribution in [1.29, 1.82) is 0 Å². The highest BCUT2D eigenvalue weighted by atomic mass is 19.1. The number of nitrogens with zero attached hydrogens (tertiary/aromatic N) is 2. The maximum atomic E-state index is 13.5. The van der Waals surface area contributed by atoms with Gasteiger partial charge in [-0.1, -0.05) is 12.1 Å². The minimum atomic E-state index is -0.172. The van der Waals surface area contributed by atoms with E-state index in [1.165, 1.54) is 25.3 Å². The van der Waals surface area contributed by atoms with Crippen molar-refractivity contribution in [3.63, 3.8) is 0 Å². The van der Waals surface area contributed by atoms with Crippen LogP contribution in [0.3, 0.4) is 0 Å². The Balaban J connectivity index is 1.79. The van der Waals surface area contributed by atoms with Gasteiger partial charge in [0, 0.05) is 37.8 Å². The molecule has 3 nitrogen and oxygen atoms in total. The highest BCUT2D eigenvalue weighted by molar-refractivity contribution is 5.21. The van der Waals surface area contributed by atoms with Crippen molar-refractivity contribution >= 4 is 0 Å². The van der Waals surface area contributed by atoms with Crippen molar-refractivity contribution in [2.45, 2.75) is 37.4 Å². The van der Waals surface area contributed by atoms with Gasteiger partial charge in [0.2, 0.25) is 0 Å². The lowest BCUT2D eigenvalue weighted by Gasteiger charge is -2.33. The fourth-order valence-corrected chi connectivity index (χ4v) is 3.83. The number of likely N-dealkylation sites (tertiary alicyclic amines) is 1. The summed E-state index contributed by atoms with van der Waals surface area (Å²) in [6, 6.07) is 8.38. The predicted molar refractivity (Wildman–Crippen MR) is 79.0 cm³/mol. The van der Waals surface area contributed by atoms with Crippen LogP contribution in [0.1, 0.15) is 30.9 Å². The molecule has 2 bridgehead atoms. The molecule has 1 aromatic carbocycles. The second-order valence-corrected chi connectivity index (χ2v) is 6.14.